The lowest BCUT2D eigenvalue weighted by Gasteiger charge is -2.16. The first-order chi connectivity index (χ1) is 12.5. The van der Waals surface area contributed by atoms with E-state index in [2.05, 4.69) is 4.98 Å². The maximum atomic E-state index is 13.2. The zero-order valence-corrected chi connectivity index (χ0v) is 15.0. The van der Waals surface area contributed by atoms with Gasteiger partial charge in [0.05, 0.1) is 6.20 Å². The highest BCUT2D eigenvalue weighted by atomic mass is 35.5. The van der Waals surface area contributed by atoms with Crippen LogP contribution in [0.5, 0.6) is 0 Å². The molecule has 0 saturated carbocycles. The van der Waals surface area contributed by atoms with Crippen molar-refractivity contribution < 1.29 is 13.6 Å². The van der Waals surface area contributed by atoms with Crippen LogP contribution in [0.15, 0.2) is 59.1 Å². The second-order valence-corrected chi connectivity index (χ2v) is 6.44. The Hall–Kier alpha value is -2.66. The van der Waals surface area contributed by atoms with E-state index in [1.54, 1.807) is 42.4 Å². The Bertz CT molecular complexity index is 893. The quantitative estimate of drug-likeness (QED) is 0.628. The highest BCUT2D eigenvalue weighted by Gasteiger charge is 2.13. The first-order valence-electron chi connectivity index (χ1n) is 8.20. The predicted molar refractivity (Wildman–Crippen MR) is 98.1 cm³/mol. The number of halogens is 2. The maximum Gasteiger partial charge on any atom is 0.223 e. The van der Waals surface area contributed by atoms with Crippen molar-refractivity contribution >= 4 is 17.5 Å². The topological polar surface area (TPSA) is 46.3 Å². The second-order valence-electron chi connectivity index (χ2n) is 6.00. The molecule has 0 spiro atoms. The summed E-state index contributed by atoms with van der Waals surface area (Å²) in [4.78, 5) is 18.1. The zero-order valence-electron chi connectivity index (χ0n) is 14.3. The fraction of sp³-hybridized carbons (Fsp3) is 0.200. The molecule has 0 bridgehead atoms. The summed E-state index contributed by atoms with van der Waals surface area (Å²) in [6, 6.07) is 13.5. The number of carbonyl (C=O) groups is 1. The van der Waals surface area contributed by atoms with Gasteiger partial charge in [-0.3, -0.25) is 4.79 Å². The number of oxazole rings is 1. The van der Waals surface area contributed by atoms with Crippen molar-refractivity contribution in [2.24, 2.45) is 0 Å². The van der Waals surface area contributed by atoms with Gasteiger partial charge < -0.3 is 9.32 Å². The molecule has 3 rings (SSSR count). The monoisotopic (exact) mass is 372 g/mol. The van der Waals surface area contributed by atoms with Gasteiger partial charge >= 0.3 is 0 Å². The number of amides is 1. The number of benzene rings is 2. The third-order valence-corrected chi connectivity index (χ3v) is 4.22. The van der Waals surface area contributed by atoms with E-state index >= 15 is 0 Å². The van der Waals surface area contributed by atoms with Gasteiger partial charge in [0.2, 0.25) is 5.91 Å². The number of aryl methyl sites for hydroxylation is 1. The molecule has 3 aromatic rings. The number of hydrogen-bond acceptors (Lipinski definition) is 3. The molecule has 0 radical (unpaired) electrons. The fourth-order valence-corrected chi connectivity index (χ4v) is 2.70. The summed E-state index contributed by atoms with van der Waals surface area (Å²) in [5.74, 6) is 0.776. The van der Waals surface area contributed by atoms with Crippen molar-refractivity contribution in [3.8, 4) is 11.3 Å². The highest BCUT2D eigenvalue weighted by Crippen LogP contribution is 2.22. The van der Waals surface area contributed by atoms with Crippen molar-refractivity contribution in [2.45, 2.75) is 19.4 Å². The summed E-state index contributed by atoms with van der Waals surface area (Å²) in [6.45, 7) is 0.359. The molecule has 1 amide bonds. The van der Waals surface area contributed by atoms with Gasteiger partial charge in [0.1, 0.15) is 5.82 Å². The predicted octanol–water partition coefficient (Wildman–Crippen LogP) is 4.73. The van der Waals surface area contributed by atoms with E-state index in [1.807, 2.05) is 12.1 Å². The number of nitrogens with zero attached hydrogens (tertiary/aromatic N) is 2. The third kappa shape index (κ3) is 4.70. The van der Waals surface area contributed by atoms with Crippen molar-refractivity contribution in [3.63, 3.8) is 0 Å². The Morgan fingerprint density at radius 2 is 2.00 bits per heavy atom. The summed E-state index contributed by atoms with van der Waals surface area (Å²) in [6.07, 6.45) is 2.31. The van der Waals surface area contributed by atoms with Gasteiger partial charge in [-0.1, -0.05) is 23.7 Å². The van der Waals surface area contributed by atoms with Crippen LogP contribution in [0.3, 0.4) is 0 Å². The molecule has 1 aromatic heterocycles. The van der Waals surface area contributed by atoms with Crippen LogP contribution < -0.4 is 0 Å². The van der Waals surface area contributed by atoms with E-state index in [0.29, 0.717) is 29.6 Å². The molecular weight excluding hydrogens is 355 g/mol. The van der Waals surface area contributed by atoms with Crippen LogP contribution in [0, 0.1) is 5.82 Å². The van der Waals surface area contributed by atoms with Crippen LogP contribution in [-0.4, -0.2) is 22.8 Å². The molecule has 26 heavy (non-hydrogen) atoms. The molecule has 0 aliphatic heterocycles. The van der Waals surface area contributed by atoms with Crippen molar-refractivity contribution in [1.82, 2.24) is 9.88 Å². The van der Waals surface area contributed by atoms with Crippen molar-refractivity contribution in [3.05, 3.63) is 77.0 Å². The molecule has 0 fully saturated rings. The van der Waals surface area contributed by atoms with Gasteiger partial charge in [-0.2, -0.15) is 0 Å². The summed E-state index contributed by atoms with van der Waals surface area (Å²) >= 11 is 5.88. The lowest BCUT2D eigenvalue weighted by Crippen LogP contribution is -2.26. The molecule has 0 aliphatic carbocycles. The molecule has 4 nitrogen and oxygen atoms in total. The average Bonchev–Trinajstić information content (AvgIpc) is 3.09. The van der Waals surface area contributed by atoms with Gasteiger partial charge in [0.25, 0.3) is 0 Å². The van der Waals surface area contributed by atoms with Crippen molar-refractivity contribution in [1.29, 1.82) is 0 Å². The summed E-state index contributed by atoms with van der Waals surface area (Å²) in [7, 11) is 1.70. The molecule has 0 saturated heterocycles. The van der Waals surface area contributed by atoms with Crippen LogP contribution in [0.1, 0.15) is 17.9 Å². The van der Waals surface area contributed by atoms with Crippen LogP contribution >= 0.6 is 11.6 Å². The third-order valence-electron chi connectivity index (χ3n) is 3.97. The first-order valence-corrected chi connectivity index (χ1v) is 8.58. The minimum absolute atomic E-state index is 0.0551. The largest absolute Gasteiger partial charge is 0.441 e. The number of aromatic nitrogens is 1. The van der Waals surface area contributed by atoms with Crippen molar-refractivity contribution in [2.75, 3.05) is 7.05 Å². The molecule has 6 heteroatoms. The number of carbonyl (C=O) groups excluding carboxylic acids is 1. The molecule has 0 unspecified atom stereocenters. The van der Waals surface area contributed by atoms with Crippen LogP contribution in [0.2, 0.25) is 5.02 Å². The Morgan fingerprint density at radius 3 is 2.73 bits per heavy atom. The van der Waals surface area contributed by atoms with Crippen LogP contribution in [0.4, 0.5) is 4.39 Å². The normalized spacial score (nSPS) is 10.7. The second kappa shape index (κ2) is 8.15. The first kappa shape index (κ1) is 18.1. The molecule has 0 aliphatic rings. The van der Waals surface area contributed by atoms with E-state index in [0.717, 1.165) is 11.1 Å². The Labute approximate surface area is 156 Å². The van der Waals surface area contributed by atoms with E-state index in [9.17, 15) is 9.18 Å². The number of rotatable bonds is 6. The number of hydrogen-bond donors (Lipinski definition) is 0. The molecule has 0 N–H and O–H groups in total. The van der Waals surface area contributed by atoms with Gasteiger partial charge in [0, 0.05) is 37.0 Å². The highest BCUT2D eigenvalue weighted by molar-refractivity contribution is 6.30. The zero-order chi connectivity index (χ0) is 18.5. The average molecular weight is 373 g/mol. The van der Waals surface area contributed by atoms with E-state index < -0.39 is 0 Å². The lowest BCUT2D eigenvalue weighted by atomic mass is 10.2. The molecule has 2 aromatic carbocycles. The van der Waals surface area contributed by atoms with Gasteiger partial charge in [-0.15, -0.1) is 0 Å². The summed E-state index contributed by atoms with van der Waals surface area (Å²) in [5, 5.41) is 0.653. The van der Waals surface area contributed by atoms with Gasteiger partial charge in [-0.05, 0) is 42.0 Å². The fourth-order valence-electron chi connectivity index (χ4n) is 2.58. The lowest BCUT2D eigenvalue weighted by molar-refractivity contribution is -0.130. The van der Waals surface area contributed by atoms with Crippen LogP contribution in [0.25, 0.3) is 11.3 Å². The van der Waals surface area contributed by atoms with Crippen LogP contribution in [-0.2, 0) is 17.8 Å². The minimum Gasteiger partial charge on any atom is -0.441 e. The molecular formula is C20H18ClFN2O2. The van der Waals surface area contributed by atoms with E-state index in [-0.39, 0.29) is 18.1 Å². The Balaban J connectivity index is 1.55. The Kier molecular flexibility index (Phi) is 5.68. The van der Waals surface area contributed by atoms with E-state index in [1.165, 1.54) is 12.1 Å². The minimum atomic E-state index is -0.308. The standard InChI is InChI=1S/C20H18ClFN2O2/c1-24(13-14-3-2-4-17(22)11-14)20(25)10-9-19-23-12-18(26-19)15-5-7-16(21)8-6-15/h2-8,11-12H,9-10,13H2,1H3. The van der Waals surface area contributed by atoms with E-state index in [4.69, 9.17) is 16.0 Å². The molecule has 134 valence electrons. The van der Waals surface area contributed by atoms with Gasteiger partial charge in [-0.25, -0.2) is 9.37 Å². The summed E-state index contributed by atoms with van der Waals surface area (Å²) < 4.78 is 18.9. The van der Waals surface area contributed by atoms with Gasteiger partial charge in [0.15, 0.2) is 11.7 Å². The SMILES string of the molecule is CN(Cc1cccc(F)c1)C(=O)CCc1ncc(-c2ccc(Cl)cc2)o1. The molecule has 1 heterocycles. The molecule has 0 atom stereocenters. The maximum absolute atomic E-state index is 13.2. The smallest absolute Gasteiger partial charge is 0.223 e. The summed E-state index contributed by atoms with van der Waals surface area (Å²) in [5.41, 5.74) is 1.63. The Morgan fingerprint density at radius 1 is 1.23 bits per heavy atom.